The summed E-state index contributed by atoms with van der Waals surface area (Å²) in [6.07, 6.45) is 3.06. The maximum Gasteiger partial charge on any atom is 0.267 e. The van der Waals surface area contributed by atoms with E-state index >= 15 is 0 Å². The van der Waals surface area contributed by atoms with E-state index in [1.165, 1.54) is 41.8 Å². The van der Waals surface area contributed by atoms with Gasteiger partial charge in [0.2, 0.25) is 5.88 Å². The molecule has 0 unspecified atom stereocenters. The van der Waals surface area contributed by atoms with Crippen molar-refractivity contribution in [3.05, 3.63) is 77.0 Å². The summed E-state index contributed by atoms with van der Waals surface area (Å²) in [5.74, 6) is 0.242. The molecule has 3 aromatic heterocycles. The summed E-state index contributed by atoms with van der Waals surface area (Å²) < 4.78 is 18.4. The van der Waals surface area contributed by atoms with E-state index in [2.05, 4.69) is 15.3 Å². The van der Waals surface area contributed by atoms with Crippen LogP contribution < -0.4 is 10.1 Å². The molecular weight excluding hydrogens is 385 g/mol. The zero-order chi connectivity index (χ0) is 18.6. The maximum absolute atomic E-state index is 12.9. The smallest absolute Gasteiger partial charge is 0.267 e. The lowest BCUT2D eigenvalue weighted by atomic mass is 10.3. The van der Waals surface area contributed by atoms with Crippen LogP contribution >= 0.6 is 22.7 Å². The van der Waals surface area contributed by atoms with Crippen molar-refractivity contribution in [2.45, 2.75) is 0 Å². The van der Waals surface area contributed by atoms with Crippen LogP contribution in [0.15, 0.2) is 66.3 Å². The van der Waals surface area contributed by atoms with Gasteiger partial charge in [-0.05, 0) is 41.8 Å². The van der Waals surface area contributed by atoms with Crippen molar-refractivity contribution in [3.63, 3.8) is 0 Å². The summed E-state index contributed by atoms with van der Waals surface area (Å²) in [5.41, 5.74) is 0.539. The fraction of sp³-hybridized carbons (Fsp3) is 0. The Hall–Kier alpha value is -3.10. The molecule has 0 spiro atoms. The van der Waals surface area contributed by atoms with Gasteiger partial charge in [-0.3, -0.25) is 4.79 Å². The Bertz CT molecular complexity index is 1050. The molecule has 0 aliphatic heterocycles. The highest BCUT2D eigenvalue weighted by atomic mass is 32.1. The van der Waals surface area contributed by atoms with Crippen molar-refractivity contribution < 1.29 is 13.9 Å². The number of ether oxygens (including phenoxy) is 1. The second-order valence-corrected chi connectivity index (χ2v) is 7.38. The minimum absolute atomic E-state index is 0.246. The first-order chi connectivity index (χ1) is 13.2. The van der Waals surface area contributed by atoms with Crippen LogP contribution in [0.25, 0.3) is 9.88 Å². The number of thiophene rings is 1. The Morgan fingerprint density at radius 2 is 1.89 bits per heavy atom. The van der Waals surface area contributed by atoms with Gasteiger partial charge in [0, 0.05) is 6.07 Å². The van der Waals surface area contributed by atoms with Crippen molar-refractivity contribution in [2.24, 2.45) is 0 Å². The van der Waals surface area contributed by atoms with Crippen molar-refractivity contribution in [1.29, 1.82) is 0 Å². The zero-order valence-corrected chi connectivity index (χ0v) is 15.4. The van der Waals surface area contributed by atoms with Crippen LogP contribution in [0.1, 0.15) is 9.67 Å². The van der Waals surface area contributed by atoms with Crippen molar-refractivity contribution in [2.75, 3.05) is 5.32 Å². The number of halogens is 1. The van der Waals surface area contributed by atoms with Gasteiger partial charge < -0.3 is 10.1 Å². The highest BCUT2D eigenvalue weighted by Crippen LogP contribution is 2.29. The molecule has 1 N–H and O–H groups in total. The minimum atomic E-state index is -0.335. The number of aromatic nitrogens is 2. The number of carbonyl (C=O) groups excluding carboxylic acids is 1. The SMILES string of the molecule is O=C(Nc1ccc(Oc2ccc(F)cc2)nc1)c1cnc(-c2cccs2)s1. The topological polar surface area (TPSA) is 64.1 Å². The lowest BCUT2D eigenvalue weighted by Crippen LogP contribution is -2.10. The highest BCUT2D eigenvalue weighted by molar-refractivity contribution is 7.22. The van der Waals surface area contributed by atoms with Gasteiger partial charge in [-0.1, -0.05) is 6.07 Å². The normalized spacial score (nSPS) is 10.6. The van der Waals surface area contributed by atoms with E-state index in [4.69, 9.17) is 4.74 Å². The molecule has 0 radical (unpaired) electrons. The molecule has 0 aliphatic rings. The van der Waals surface area contributed by atoms with Crippen molar-refractivity contribution in [3.8, 4) is 21.5 Å². The molecule has 0 fully saturated rings. The van der Waals surface area contributed by atoms with Crippen LogP contribution in [0.4, 0.5) is 10.1 Å². The Morgan fingerprint density at radius 3 is 2.59 bits per heavy atom. The lowest BCUT2D eigenvalue weighted by molar-refractivity contribution is 0.103. The van der Waals surface area contributed by atoms with Gasteiger partial charge >= 0.3 is 0 Å². The number of nitrogens with zero attached hydrogens (tertiary/aromatic N) is 2. The number of benzene rings is 1. The summed E-state index contributed by atoms with van der Waals surface area (Å²) in [5, 5.41) is 5.57. The van der Waals surface area contributed by atoms with E-state index in [-0.39, 0.29) is 11.7 Å². The van der Waals surface area contributed by atoms with E-state index in [1.54, 1.807) is 29.7 Å². The Labute approximate surface area is 162 Å². The first kappa shape index (κ1) is 17.3. The molecule has 1 amide bonds. The van der Waals surface area contributed by atoms with Crippen LogP contribution in [0.3, 0.4) is 0 Å². The van der Waals surface area contributed by atoms with E-state index in [0.29, 0.717) is 22.2 Å². The number of hydrogen-bond donors (Lipinski definition) is 1. The number of thiazole rings is 1. The molecule has 1 aromatic carbocycles. The molecular formula is C19H12FN3O2S2. The lowest BCUT2D eigenvalue weighted by Gasteiger charge is -2.06. The largest absolute Gasteiger partial charge is 0.439 e. The number of nitrogens with one attached hydrogen (secondary N) is 1. The summed E-state index contributed by atoms with van der Waals surface area (Å²) in [4.78, 5) is 22.4. The quantitative estimate of drug-likeness (QED) is 0.486. The fourth-order valence-corrected chi connectivity index (χ4v) is 3.84. The third-order valence-corrected chi connectivity index (χ3v) is 5.53. The van der Waals surface area contributed by atoms with Crippen LogP contribution in [-0.2, 0) is 0 Å². The van der Waals surface area contributed by atoms with E-state index in [1.807, 2.05) is 17.5 Å². The van der Waals surface area contributed by atoms with Crippen LogP contribution in [0.2, 0.25) is 0 Å². The summed E-state index contributed by atoms with van der Waals surface area (Å²) in [6, 6.07) is 12.9. The molecule has 0 aliphatic carbocycles. The first-order valence-electron chi connectivity index (χ1n) is 7.88. The third kappa shape index (κ3) is 4.18. The zero-order valence-electron chi connectivity index (χ0n) is 13.8. The molecule has 8 heteroatoms. The third-order valence-electron chi connectivity index (χ3n) is 3.49. The van der Waals surface area contributed by atoms with Crippen LogP contribution in [-0.4, -0.2) is 15.9 Å². The van der Waals surface area contributed by atoms with Crippen molar-refractivity contribution >= 4 is 34.3 Å². The molecule has 27 heavy (non-hydrogen) atoms. The number of anilines is 1. The van der Waals surface area contributed by atoms with Gasteiger partial charge in [0.15, 0.2) is 0 Å². The number of amides is 1. The molecule has 134 valence electrons. The predicted molar refractivity (Wildman–Crippen MR) is 104 cm³/mol. The number of rotatable bonds is 5. The van der Waals surface area contributed by atoms with Crippen LogP contribution in [0.5, 0.6) is 11.6 Å². The molecule has 0 saturated heterocycles. The second-order valence-electron chi connectivity index (χ2n) is 5.40. The van der Waals surface area contributed by atoms with Crippen molar-refractivity contribution in [1.82, 2.24) is 9.97 Å². The van der Waals surface area contributed by atoms with Gasteiger partial charge in [0.05, 0.1) is 23.0 Å². The average Bonchev–Trinajstić information content (AvgIpc) is 3.36. The van der Waals surface area contributed by atoms with Crippen LogP contribution in [0, 0.1) is 5.82 Å². The summed E-state index contributed by atoms with van der Waals surface area (Å²) in [7, 11) is 0. The van der Waals surface area contributed by atoms with E-state index in [0.717, 1.165) is 9.88 Å². The Morgan fingerprint density at radius 1 is 1.04 bits per heavy atom. The summed E-state index contributed by atoms with van der Waals surface area (Å²) >= 11 is 2.92. The fourth-order valence-electron chi connectivity index (χ4n) is 2.22. The monoisotopic (exact) mass is 397 g/mol. The van der Waals surface area contributed by atoms with Gasteiger partial charge in [0.1, 0.15) is 21.5 Å². The molecule has 5 nitrogen and oxygen atoms in total. The first-order valence-corrected chi connectivity index (χ1v) is 9.57. The maximum atomic E-state index is 12.9. The standard InChI is InChI=1S/C19H12FN3O2S2/c20-12-3-6-14(7-4-12)25-17-8-5-13(10-21-17)23-18(24)16-11-22-19(27-16)15-2-1-9-26-15/h1-11H,(H,23,24). The van der Waals surface area contributed by atoms with Gasteiger partial charge in [-0.15, -0.1) is 22.7 Å². The van der Waals surface area contributed by atoms with Gasteiger partial charge in [0.25, 0.3) is 5.91 Å². The predicted octanol–water partition coefficient (Wildman–Crippen LogP) is 5.45. The molecule has 0 atom stereocenters. The molecule has 0 bridgehead atoms. The molecule has 4 aromatic rings. The van der Waals surface area contributed by atoms with Gasteiger partial charge in [-0.2, -0.15) is 0 Å². The molecule has 3 heterocycles. The number of hydrogen-bond acceptors (Lipinski definition) is 6. The number of pyridine rings is 1. The molecule has 4 rings (SSSR count). The average molecular weight is 397 g/mol. The minimum Gasteiger partial charge on any atom is -0.439 e. The summed E-state index contributed by atoms with van der Waals surface area (Å²) in [6.45, 7) is 0. The molecule has 0 saturated carbocycles. The van der Waals surface area contributed by atoms with E-state index in [9.17, 15) is 9.18 Å². The number of carbonyl (C=O) groups is 1. The Kier molecular flexibility index (Phi) is 4.91. The van der Waals surface area contributed by atoms with E-state index < -0.39 is 0 Å². The highest BCUT2D eigenvalue weighted by Gasteiger charge is 2.13. The Balaban J connectivity index is 1.40. The van der Waals surface area contributed by atoms with Gasteiger partial charge in [-0.25, -0.2) is 14.4 Å². The second kappa shape index (κ2) is 7.65.